The van der Waals surface area contributed by atoms with Crippen molar-refractivity contribution in [1.29, 1.82) is 5.41 Å². The van der Waals surface area contributed by atoms with E-state index in [1.807, 2.05) is 6.07 Å². The SMILES string of the molecule is COC(=O)C1C(C)=NC(=S)C(=C=N)[C@@H]1c1cccc(Cl)c1. The molecule has 1 aliphatic rings. The zero-order valence-corrected chi connectivity index (χ0v) is 13.1. The van der Waals surface area contributed by atoms with E-state index in [1.54, 1.807) is 25.1 Å². The summed E-state index contributed by atoms with van der Waals surface area (Å²) in [7, 11) is 1.32. The third-order valence-corrected chi connectivity index (χ3v) is 3.95. The summed E-state index contributed by atoms with van der Waals surface area (Å²) in [6.45, 7) is 1.73. The van der Waals surface area contributed by atoms with Gasteiger partial charge in [0.15, 0.2) is 0 Å². The largest absolute Gasteiger partial charge is 0.468 e. The van der Waals surface area contributed by atoms with Crippen molar-refractivity contribution in [2.75, 3.05) is 7.11 Å². The second-order valence-corrected chi connectivity index (χ2v) is 5.45. The Morgan fingerprint density at radius 2 is 2.24 bits per heavy atom. The van der Waals surface area contributed by atoms with Crippen molar-refractivity contribution in [2.24, 2.45) is 10.9 Å². The van der Waals surface area contributed by atoms with E-state index in [2.05, 4.69) is 10.9 Å². The summed E-state index contributed by atoms with van der Waals surface area (Å²) in [6.07, 6.45) is 0. The Hall–Kier alpha value is -1.81. The van der Waals surface area contributed by atoms with E-state index in [1.165, 1.54) is 7.11 Å². The van der Waals surface area contributed by atoms with Crippen LogP contribution in [0, 0.1) is 11.3 Å². The van der Waals surface area contributed by atoms with Gasteiger partial charge in [-0.1, -0.05) is 36.0 Å². The van der Waals surface area contributed by atoms with Crippen LogP contribution in [0.25, 0.3) is 0 Å². The minimum atomic E-state index is -0.631. The van der Waals surface area contributed by atoms with Crippen molar-refractivity contribution in [2.45, 2.75) is 12.8 Å². The van der Waals surface area contributed by atoms with Crippen LogP contribution in [0.4, 0.5) is 0 Å². The fourth-order valence-corrected chi connectivity index (χ4v) is 2.98. The van der Waals surface area contributed by atoms with Crippen LogP contribution in [-0.2, 0) is 9.53 Å². The number of thiocarbonyl (C=S) groups is 1. The summed E-state index contributed by atoms with van der Waals surface area (Å²) < 4.78 is 4.87. The molecular weight excluding hydrogens is 308 g/mol. The predicted molar refractivity (Wildman–Crippen MR) is 86.6 cm³/mol. The van der Waals surface area contributed by atoms with Crippen LogP contribution in [0.15, 0.2) is 34.8 Å². The molecule has 1 N–H and O–H groups in total. The Labute approximate surface area is 133 Å². The number of nitrogens with zero attached hydrogens (tertiary/aromatic N) is 1. The summed E-state index contributed by atoms with van der Waals surface area (Å²) in [6, 6.07) is 7.12. The molecule has 21 heavy (non-hydrogen) atoms. The standard InChI is InChI=1S/C15H13ClN2O2S/c1-8-12(15(19)20-2)13(11(7-17)14(21)18-8)9-4-3-5-10(16)6-9/h3-6,12-13,17H,1-2H3/t12?,13-/m0/s1. The molecule has 4 nitrogen and oxygen atoms in total. The molecule has 1 aromatic rings. The number of ether oxygens (including phenoxy) is 1. The second kappa shape index (κ2) is 6.31. The highest BCUT2D eigenvalue weighted by Crippen LogP contribution is 2.37. The molecule has 6 heteroatoms. The van der Waals surface area contributed by atoms with Crippen molar-refractivity contribution in [3.8, 4) is 0 Å². The van der Waals surface area contributed by atoms with Crippen LogP contribution >= 0.6 is 23.8 Å². The molecule has 0 bridgehead atoms. The number of benzene rings is 1. The molecule has 0 saturated carbocycles. The normalized spacial score (nSPS) is 21.6. The first-order valence-electron chi connectivity index (χ1n) is 6.22. The van der Waals surface area contributed by atoms with Gasteiger partial charge in [0, 0.05) is 16.7 Å². The van der Waals surface area contributed by atoms with Gasteiger partial charge < -0.3 is 4.74 Å². The highest BCUT2D eigenvalue weighted by Gasteiger charge is 2.40. The lowest BCUT2D eigenvalue weighted by molar-refractivity contribution is -0.143. The van der Waals surface area contributed by atoms with Crippen molar-refractivity contribution < 1.29 is 9.53 Å². The van der Waals surface area contributed by atoms with Gasteiger partial charge in [0.2, 0.25) is 0 Å². The fourth-order valence-electron chi connectivity index (χ4n) is 2.45. The Morgan fingerprint density at radius 3 is 2.81 bits per heavy atom. The van der Waals surface area contributed by atoms with E-state index in [0.717, 1.165) is 5.56 Å². The molecule has 0 spiro atoms. The number of halogens is 1. The van der Waals surface area contributed by atoms with Crippen LogP contribution < -0.4 is 0 Å². The molecule has 1 heterocycles. The lowest BCUT2D eigenvalue weighted by Crippen LogP contribution is -2.36. The maximum absolute atomic E-state index is 12.1. The highest BCUT2D eigenvalue weighted by molar-refractivity contribution is 7.80. The second-order valence-electron chi connectivity index (χ2n) is 4.63. The molecule has 0 saturated heterocycles. The average molecular weight is 321 g/mol. The van der Waals surface area contributed by atoms with Gasteiger partial charge in [-0.15, -0.1) is 0 Å². The minimum absolute atomic E-state index is 0.271. The third-order valence-electron chi connectivity index (χ3n) is 3.40. The van der Waals surface area contributed by atoms with Crippen molar-refractivity contribution in [3.63, 3.8) is 0 Å². The molecule has 0 fully saturated rings. The Morgan fingerprint density at radius 1 is 1.52 bits per heavy atom. The molecule has 0 aliphatic carbocycles. The summed E-state index contributed by atoms with van der Waals surface area (Å²) >= 11 is 11.2. The number of carbonyl (C=O) groups is 1. The van der Waals surface area contributed by atoms with Gasteiger partial charge in [-0.2, -0.15) is 0 Å². The van der Waals surface area contributed by atoms with Crippen LogP contribution in [0.3, 0.4) is 0 Å². The minimum Gasteiger partial charge on any atom is -0.468 e. The van der Waals surface area contributed by atoms with Gasteiger partial charge in [-0.3, -0.25) is 10.2 Å². The first-order valence-corrected chi connectivity index (χ1v) is 7.00. The third kappa shape index (κ3) is 2.95. The van der Waals surface area contributed by atoms with Gasteiger partial charge in [0.25, 0.3) is 0 Å². The number of carbonyl (C=O) groups excluding carboxylic acids is 1. The zero-order chi connectivity index (χ0) is 15.6. The van der Waals surface area contributed by atoms with Gasteiger partial charge in [0.05, 0.1) is 12.7 Å². The Balaban J connectivity index is 2.65. The monoisotopic (exact) mass is 320 g/mol. The van der Waals surface area contributed by atoms with Crippen molar-refractivity contribution in [1.82, 2.24) is 0 Å². The topological polar surface area (TPSA) is 62.5 Å². The number of esters is 1. The molecule has 0 aromatic heterocycles. The van der Waals surface area contributed by atoms with Gasteiger partial charge >= 0.3 is 5.97 Å². The molecular formula is C15H13ClN2O2S. The van der Waals surface area contributed by atoms with E-state index in [9.17, 15) is 4.79 Å². The van der Waals surface area contributed by atoms with Crippen LogP contribution in [0.5, 0.6) is 0 Å². The fraction of sp³-hybridized carbons (Fsp3) is 0.267. The number of hydrogen-bond donors (Lipinski definition) is 1. The maximum atomic E-state index is 12.1. The maximum Gasteiger partial charge on any atom is 0.315 e. The van der Waals surface area contributed by atoms with E-state index < -0.39 is 17.8 Å². The van der Waals surface area contributed by atoms with Crippen molar-refractivity contribution >= 4 is 46.4 Å². The summed E-state index contributed by atoms with van der Waals surface area (Å²) in [5.41, 5.74) is 1.74. The van der Waals surface area contributed by atoms with Gasteiger partial charge in [-0.25, -0.2) is 4.99 Å². The summed E-state index contributed by atoms with van der Waals surface area (Å²) in [5.74, 6) is 0.808. The van der Waals surface area contributed by atoms with E-state index in [4.69, 9.17) is 34.0 Å². The first-order chi connectivity index (χ1) is 9.99. The average Bonchev–Trinajstić information content (AvgIpc) is 2.45. The summed E-state index contributed by atoms with van der Waals surface area (Å²) in [5, 5.41) is 8.03. The zero-order valence-electron chi connectivity index (χ0n) is 11.5. The van der Waals surface area contributed by atoms with Crippen molar-refractivity contribution in [3.05, 3.63) is 40.4 Å². The number of aliphatic imine (C=N–C) groups is 1. The molecule has 2 atom stereocenters. The lowest BCUT2D eigenvalue weighted by Gasteiger charge is -2.30. The molecule has 2 rings (SSSR count). The quantitative estimate of drug-likeness (QED) is 0.394. The summed E-state index contributed by atoms with van der Waals surface area (Å²) in [4.78, 5) is 16.6. The molecule has 108 valence electrons. The van der Waals surface area contributed by atoms with E-state index in [0.29, 0.717) is 16.3 Å². The van der Waals surface area contributed by atoms with E-state index in [-0.39, 0.29) is 4.99 Å². The van der Waals surface area contributed by atoms with Crippen LogP contribution in [-0.4, -0.2) is 29.6 Å². The first kappa shape index (κ1) is 15.6. The number of nitrogens with one attached hydrogen (secondary N) is 1. The van der Waals surface area contributed by atoms with Gasteiger partial charge in [-0.05, 0) is 30.5 Å². The predicted octanol–water partition coefficient (Wildman–Crippen LogP) is 3.19. The molecule has 1 aromatic carbocycles. The number of hydrogen-bond acceptors (Lipinski definition) is 4. The Bertz CT molecular complexity index is 693. The number of rotatable bonds is 2. The molecule has 1 aliphatic heterocycles. The highest BCUT2D eigenvalue weighted by atomic mass is 35.5. The molecule has 0 radical (unpaired) electrons. The number of methoxy groups -OCH3 is 1. The van der Waals surface area contributed by atoms with E-state index >= 15 is 0 Å². The molecule has 1 unspecified atom stereocenters. The molecule has 0 amide bonds. The van der Waals surface area contributed by atoms with Crippen LogP contribution in [0.2, 0.25) is 5.02 Å². The Kier molecular flexibility index (Phi) is 4.68. The smallest absolute Gasteiger partial charge is 0.315 e. The van der Waals surface area contributed by atoms with Crippen LogP contribution in [0.1, 0.15) is 18.4 Å². The lowest BCUT2D eigenvalue weighted by atomic mass is 9.76. The van der Waals surface area contributed by atoms with Gasteiger partial charge in [0.1, 0.15) is 10.9 Å².